The molecule has 0 aliphatic heterocycles. The molecule has 0 aliphatic carbocycles. The van der Waals surface area contributed by atoms with Crippen molar-refractivity contribution in [2.24, 2.45) is 4.99 Å². The van der Waals surface area contributed by atoms with Crippen LogP contribution in [-0.2, 0) is 9.59 Å². The molecule has 3 heteroatoms. The Bertz CT molecular complexity index is 154. The minimum Gasteiger partial charge on any atom is -0.267 e. The van der Waals surface area contributed by atoms with Crippen LogP contribution >= 0.6 is 0 Å². The second-order valence-electron chi connectivity index (χ2n) is 1.04. The molecule has 0 heterocycles. The predicted molar refractivity (Wildman–Crippen MR) is 27.9 cm³/mol. The average molecular weight is 111 g/mol. The summed E-state index contributed by atoms with van der Waals surface area (Å²) >= 11 is 0. The average Bonchev–Trinajstić information content (AvgIpc) is 1.68. The van der Waals surface area contributed by atoms with Gasteiger partial charge in [-0.15, -0.1) is 4.99 Å². The third kappa shape index (κ3) is 3.00. The van der Waals surface area contributed by atoms with Gasteiger partial charge in [-0.25, -0.2) is 4.79 Å². The van der Waals surface area contributed by atoms with E-state index >= 15 is 0 Å². The lowest BCUT2D eigenvalue weighted by Crippen LogP contribution is -1.82. The van der Waals surface area contributed by atoms with Gasteiger partial charge < -0.3 is 0 Å². The van der Waals surface area contributed by atoms with Crippen LogP contribution in [0.1, 0.15) is 6.92 Å². The van der Waals surface area contributed by atoms with E-state index in [1.54, 1.807) is 6.92 Å². The van der Waals surface area contributed by atoms with Crippen molar-refractivity contribution in [3.63, 3.8) is 0 Å². The maximum atomic E-state index is 10.1. The van der Waals surface area contributed by atoms with Crippen LogP contribution in [0, 0.1) is 0 Å². The molecule has 0 aliphatic rings. The van der Waals surface area contributed by atoms with Crippen molar-refractivity contribution >= 4 is 12.0 Å². The van der Waals surface area contributed by atoms with E-state index in [0.717, 1.165) is 6.08 Å². The third-order valence-corrected chi connectivity index (χ3v) is 0.465. The highest BCUT2D eigenvalue weighted by Crippen LogP contribution is 1.74. The lowest BCUT2D eigenvalue weighted by molar-refractivity contribution is -0.113. The minimum atomic E-state index is -0.567. The first-order valence-electron chi connectivity index (χ1n) is 2.05. The standard InChI is InChI=1S/C5H5NO2/c1-2-3-5(8)6-4-7/h2-3H,1H3. The van der Waals surface area contributed by atoms with Gasteiger partial charge in [-0.05, 0) is 6.92 Å². The number of aliphatic imine (C=N–C) groups is 1. The molecule has 0 fully saturated rings. The Morgan fingerprint density at radius 3 is 2.75 bits per heavy atom. The van der Waals surface area contributed by atoms with Crippen LogP contribution in [0.15, 0.2) is 17.1 Å². The Kier molecular flexibility index (Phi) is 3.36. The number of hydrogen-bond donors (Lipinski definition) is 0. The highest BCUT2D eigenvalue weighted by atomic mass is 16.2. The lowest BCUT2D eigenvalue weighted by Gasteiger charge is -1.70. The number of hydrogen-bond acceptors (Lipinski definition) is 2. The topological polar surface area (TPSA) is 46.5 Å². The van der Waals surface area contributed by atoms with Crippen LogP contribution in [-0.4, -0.2) is 12.0 Å². The maximum absolute atomic E-state index is 10.1. The second kappa shape index (κ2) is 3.96. The monoisotopic (exact) mass is 111 g/mol. The third-order valence-electron chi connectivity index (χ3n) is 0.465. The maximum Gasteiger partial charge on any atom is 0.280 e. The van der Waals surface area contributed by atoms with E-state index in [1.165, 1.54) is 12.2 Å². The molecule has 0 saturated carbocycles. The second-order valence-corrected chi connectivity index (χ2v) is 1.04. The molecule has 0 saturated heterocycles. The van der Waals surface area contributed by atoms with Crippen molar-refractivity contribution in [3.8, 4) is 0 Å². The van der Waals surface area contributed by atoms with E-state index in [1.807, 2.05) is 0 Å². The zero-order valence-corrected chi connectivity index (χ0v) is 4.42. The van der Waals surface area contributed by atoms with Gasteiger partial charge in [-0.3, -0.25) is 4.79 Å². The van der Waals surface area contributed by atoms with Gasteiger partial charge in [0.2, 0.25) is 6.08 Å². The molecule has 8 heavy (non-hydrogen) atoms. The number of carbonyl (C=O) groups is 1. The van der Waals surface area contributed by atoms with Crippen LogP contribution in [0.3, 0.4) is 0 Å². The summed E-state index contributed by atoms with van der Waals surface area (Å²) in [5, 5.41) is 0. The van der Waals surface area contributed by atoms with E-state index in [-0.39, 0.29) is 0 Å². The van der Waals surface area contributed by atoms with Gasteiger partial charge in [-0.1, -0.05) is 6.08 Å². The largest absolute Gasteiger partial charge is 0.280 e. The summed E-state index contributed by atoms with van der Waals surface area (Å²) in [7, 11) is 0. The molecule has 0 atom stereocenters. The molecule has 3 nitrogen and oxygen atoms in total. The fourth-order valence-electron chi connectivity index (χ4n) is 0.225. The van der Waals surface area contributed by atoms with E-state index in [4.69, 9.17) is 0 Å². The molecular formula is C5H5NO2. The van der Waals surface area contributed by atoms with Gasteiger partial charge in [0.15, 0.2) is 0 Å². The molecule has 42 valence electrons. The SMILES string of the molecule is CC=CC(=O)N=C=O. The van der Waals surface area contributed by atoms with Gasteiger partial charge in [0.1, 0.15) is 0 Å². The van der Waals surface area contributed by atoms with Crippen LogP contribution in [0.2, 0.25) is 0 Å². The number of isocyanates is 1. The van der Waals surface area contributed by atoms with Crippen molar-refractivity contribution in [2.75, 3.05) is 0 Å². The molecular weight excluding hydrogens is 106 g/mol. The highest BCUT2D eigenvalue weighted by Gasteiger charge is 1.83. The normalized spacial score (nSPS) is 8.62. The Morgan fingerprint density at radius 2 is 2.38 bits per heavy atom. The molecule has 0 aromatic carbocycles. The number of rotatable bonds is 1. The summed E-state index contributed by atoms with van der Waals surface area (Å²) in [6, 6.07) is 0. The molecule has 0 radical (unpaired) electrons. The summed E-state index contributed by atoms with van der Waals surface area (Å²) in [5.74, 6) is -0.567. The Labute approximate surface area is 46.7 Å². The first kappa shape index (κ1) is 6.79. The van der Waals surface area contributed by atoms with Crippen molar-refractivity contribution in [1.82, 2.24) is 0 Å². The Morgan fingerprint density at radius 1 is 1.75 bits per heavy atom. The smallest absolute Gasteiger partial charge is 0.267 e. The number of carbonyl (C=O) groups excluding carboxylic acids is 2. The lowest BCUT2D eigenvalue weighted by atomic mass is 10.5. The van der Waals surface area contributed by atoms with Crippen molar-refractivity contribution in [1.29, 1.82) is 0 Å². The Balaban J connectivity index is 3.84. The summed E-state index contributed by atoms with van der Waals surface area (Å²) in [4.78, 5) is 22.3. The van der Waals surface area contributed by atoms with Crippen LogP contribution < -0.4 is 0 Å². The fraction of sp³-hybridized carbons (Fsp3) is 0.200. The van der Waals surface area contributed by atoms with E-state index in [9.17, 15) is 9.59 Å². The minimum absolute atomic E-state index is 0.567. The molecule has 0 bridgehead atoms. The quantitative estimate of drug-likeness (QED) is 0.280. The number of allylic oxidation sites excluding steroid dienone is 1. The summed E-state index contributed by atoms with van der Waals surface area (Å²) < 4.78 is 0. The molecule has 0 unspecified atom stereocenters. The first-order chi connectivity index (χ1) is 3.81. The first-order valence-corrected chi connectivity index (χ1v) is 2.05. The van der Waals surface area contributed by atoms with Gasteiger partial charge in [0.05, 0.1) is 0 Å². The molecule has 0 aromatic rings. The summed E-state index contributed by atoms with van der Waals surface area (Å²) in [5.41, 5.74) is 0. The molecule has 1 amide bonds. The summed E-state index contributed by atoms with van der Waals surface area (Å²) in [6.45, 7) is 1.66. The summed E-state index contributed by atoms with van der Waals surface area (Å²) in [6.07, 6.45) is 3.82. The van der Waals surface area contributed by atoms with Gasteiger partial charge >= 0.3 is 0 Å². The van der Waals surface area contributed by atoms with Crippen LogP contribution in [0.5, 0.6) is 0 Å². The fourth-order valence-corrected chi connectivity index (χ4v) is 0.225. The highest BCUT2D eigenvalue weighted by molar-refractivity contribution is 5.91. The molecule has 0 spiro atoms. The number of amides is 1. The number of nitrogens with zero attached hydrogens (tertiary/aromatic N) is 1. The van der Waals surface area contributed by atoms with E-state index < -0.39 is 5.91 Å². The van der Waals surface area contributed by atoms with E-state index in [2.05, 4.69) is 4.99 Å². The van der Waals surface area contributed by atoms with Crippen molar-refractivity contribution in [2.45, 2.75) is 6.92 Å². The van der Waals surface area contributed by atoms with Gasteiger partial charge in [0, 0.05) is 6.08 Å². The predicted octanol–water partition coefficient (Wildman–Crippen LogP) is 0.425. The molecule has 0 N–H and O–H groups in total. The zero-order valence-electron chi connectivity index (χ0n) is 4.42. The van der Waals surface area contributed by atoms with E-state index in [0.29, 0.717) is 0 Å². The molecule has 0 aromatic heterocycles. The van der Waals surface area contributed by atoms with Gasteiger partial charge in [-0.2, -0.15) is 0 Å². The van der Waals surface area contributed by atoms with Crippen molar-refractivity contribution < 1.29 is 9.59 Å². The zero-order chi connectivity index (χ0) is 6.41. The van der Waals surface area contributed by atoms with Gasteiger partial charge in [0.25, 0.3) is 5.91 Å². The Hall–Kier alpha value is -1.21. The molecule has 0 rings (SSSR count). The van der Waals surface area contributed by atoms with Crippen molar-refractivity contribution in [3.05, 3.63) is 12.2 Å². The van der Waals surface area contributed by atoms with Crippen LogP contribution in [0.4, 0.5) is 0 Å². The van der Waals surface area contributed by atoms with Crippen LogP contribution in [0.25, 0.3) is 0 Å².